The van der Waals surface area contributed by atoms with Crippen molar-refractivity contribution >= 4 is 34.5 Å². The second kappa shape index (κ2) is 11.3. The predicted octanol–water partition coefficient (Wildman–Crippen LogP) is 4.22. The zero-order chi connectivity index (χ0) is 29.1. The summed E-state index contributed by atoms with van der Waals surface area (Å²) in [6, 6.07) is 18.5. The minimum atomic E-state index is -0.568. The van der Waals surface area contributed by atoms with Gasteiger partial charge in [0.05, 0.1) is 18.7 Å². The quantitative estimate of drug-likeness (QED) is 0.296. The highest BCUT2D eigenvalue weighted by Crippen LogP contribution is 2.31. The average Bonchev–Trinajstić information content (AvgIpc) is 3.33. The molecule has 4 heterocycles. The highest BCUT2D eigenvalue weighted by atomic mass is 19.1. The summed E-state index contributed by atoms with van der Waals surface area (Å²) in [4.78, 5) is 28.4. The summed E-state index contributed by atoms with van der Waals surface area (Å²) in [5.74, 6) is -0.0592. The summed E-state index contributed by atoms with van der Waals surface area (Å²) in [5.41, 5.74) is 13.2. The maximum absolute atomic E-state index is 14.6. The Bertz CT molecular complexity index is 1850. The SMILES string of the molecule is CCc1cc2cccc(-c3cc(OC)ncc3F)c2c(=O)n1-c1ccccc1.NC(=O)c1c(N)nn2c1NCC=C2. The Balaban J connectivity index is 0.000000216. The number of hydrogen-bond acceptors (Lipinski definition) is 7. The molecule has 0 saturated heterocycles. The van der Waals surface area contributed by atoms with Gasteiger partial charge in [0.25, 0.3) is 11.5 Å². The van der Waals surface area contributed by atoms with Crippen molar-refractivity contribution in [3.8, 4) is 22.7 Å². The lowest BCUT2D eigenvalue weighted by molar-refractivity contribution is 0.100. The highest BCUT2D eigenvalue weighted by molar-refractivity contribution is 6.02. The van der Waals surface area contributed by atoms with Crippen molar-refractivity contribution in [2.45, 2.75) is 13.3 Å². The fourth-order valence-electron chi connectivity index (χ4n) is 4.78. The Morgan fingerprint density at radius 3 is 2.61 bits per heavy atom. The van der Waals surface area contributed by atoms with E-state index in [0.717, 1.165) is 23.0 Å². The largest absolute Gasteiger partial charge is 0.481 e. The van der Waals surface area contributed by atoms with Gasteiger partial charge in [0.1, 0.15) is 17.2 Å². The third-order valence-corrected chi connectivity index (χ3v) is 6.65. The summed E-state index contributed by atoms with van der Waals surface area (Å²) < 4.78 is 22.9. The lowest BCUT2D eigenvalue weighted by Gasteiger charge is -2.16. The molecule has 0 radical (unpaired) electrons. The van der Waals surface area contributed by atoms with Crippen molar-refractivity contribution in [3.63, 3.8) is 0 Å². The number of nitrogens with zero attached hydrogens (tertiary/aromatic N) is 4. The molecule has 1 aliphatic rings. The van der Waals surface area contributed by atoms with Gasteiger partial charge < -0.3 is 21.5 Å². The minimum absolute atomic E-state index is 0.154. The molecule has 5 aromatic rings. The summed E-state index contributed by atoms with van der Waals surface area (Å²) in [5, 5.41) is 8.13. The van der Waals surface area contributed by atoms with E-state index in [0.29, 0.717) is 41.2 Å². The highest BCUT2D eigenvalue weighted by Gasteiger charge is 2.20. The number of ether oxygens (including phenoxy) is 1. The number of para-hydroxylation sites is 1. The van der Waals surface area contributed by atoms with Crippen LogP contribution in [-0.4, -0.2) is 38.9 Å². The van der Waals surface area contributed by atoms with Gasteiger partial charge in [-0.05, 0) is 41.6 Å². The molecule has 0 spiro atoms. The van der Waals surface area contributed by atoms with Crippen LogP contribution in [0.3, 0.4) is 0 Å². The first kappa shape index (κ1) is 27.1. The van der Waals surface area contributed by atoms with Gasteiger partial charge in [0.15, 0.2) is 5.82 Å². The van der Waals surface area contributed by atoms with E-state index in [4.69, 9.17) is 16.2 Å². The summed E-state index contributed by atoms with van der Waals surface area (Å²) in [6.45, 7) is 2.66. The molecule has 0 unspecified atom stereocenters. The Labute approximate surface area is 234 Å². The Kier molecular flexibility index (Phi) is 7.51. The normalized spacial score (nSPS) is 11.8. The number of anilines is 2. The average molecular weight is 554 g/mol. The lowest BCUT2D eigenvalue weighted by atomic mass is 9.98. The minimum Gasteiger partial charge on any atom is -0.481 e. The van der Waals surface area contributed by atoms with Crippen LogP contribution in [0, 0.1) is 5.82 Å². The van der Waals surface area contributed by atoms with Gasteiger partial charge in [-0.15, -0.1) is 5.10 Å². The fraction of sp³-hybridized carbons (Fsp3) is 0.133. The van der Waals surface area contributed by atoms with E-state index in [1.165, 1.54) is 17.9 Å². The molecule has 3 aromatic heterocycles. The number of amides is 1. The van der Waals surface area contributed by atoms with Crippen molar-refractivity contribution in [2.24, 2.45) is 5.73 Å². The molecule has 11 heteroatoms. The Morgan fingerprint density at radius 2 is 1.90 bits per heavy atom. The number of halogens is 1. The van der Waals surface area contributed by atoms with E-state index >= 15 is 0 Å². The molecule has 0 fully saturated rings. The molecule has 2 aromatic carbocycles. The number of benzene rings is 2. The van der Waals surface area contributed by atoms with Crippen LogP contribution in [0.2, 0.25) is 0 Å². The van der Waals surface area contributed by atoms with E-state index in [1.54, 1.807) is 16.8 Å². The number of pyridine rings is 2. The van der Waals surface area contributed by atoms with Crippen molar-refractivity contribution < 1.29 is 13.9 Å². The van der Waals surface area contributed by atoms with Crippen LogP contribution in [0.4, 0.5) is 16.0 Å². The summed E-state index contributed by atoms with van der Waals surface area (Å²) in [7, 11) is 1.48. The second-order valence-corrected chi connectivity index (χ2v) is 9.12. The molecule has 1 aliphatic heterocycles. The number of primary amides is 1. The van der Waals surface area contributed by atoms with Crippen LogP contribution in [0.25, 0.3) is 33.8 Å². The number of hydrogen-bond donors (Lipinski definition) is 3. The van der Waals surface area contributed by atoms with E-state index in [-0.39, 0.29) is 16.9 Å². The number of aryl methyl sites for hydroxylation is 1. The van der Waals surface area contributed by atoms with E-state index in [9.17, 15) is 14.0 Å². The first-order valence-corrected chi connectivity index (χ1v) is 12.8. The van der Waals surface area contributed by atoms with Crippen molar-refractivity contribution in [3.05, 3.63) is 100 Å². The monoisotopic (exact) mass is 553 g/mol. The van der Waals surface area contributed by atoms with Crippen LogP contribution in [0.5, 0.6) is 5.88 Å². The number of rotatable bonds is 5. The molecule has 10 nitrogen and oxygen atoms in total. The molecular weight excluding hydrogens is 525 g/mol. The molecular formula is C30H28FN7O3. The molecule has 6 rings (SSSR count). The molecule has 0 aliphatic carbocycles. The van der Waals surface area contributed by atoms with Gasteiger partial charge in [-0.25, -0.2) is 14.1 Å². The zero-order valence-corrected chi connectivity index (χ0v) is 22.5. The van der Waals surface area contributed by atoms with Crippen LogP contribution in [0.15, 0.2) is 77.7 Å². The zero-order valence-electron chi connectivity index (χ0n) is 22.5. The number of fused-ring (bicyclic) bond motifs is 2. The first-order valence-electron chi connectivity index (χ1n) is 12.8. The van der Waals surface area contributed by atoms with Crippen LogP contribution in [-0.2, 0) is 6.42 Å². The topological polar surface area (TPSA) is 143 Å². The molecule has 208 valence electrons. The maximum atomic E-state index is 14.6. The molecule has 5 N–H and O–H groups in total. The summed E-state index contributed by atoms with van der Waals surface area (Å²) in [6.07, 6.45) is 5.41. The van der Waals surface area contributed by atoms with E-state index in [1.807, 2.05) is 61.5 Å². The maximum Gasteiger partial charge on any atom is 0.263 e. The van der Waals surface area contributed by atoms with Crippen LogP contribution >= 0.6 is 0 Å². The molecule has 0 saturated carbocycles. The third-order valence-electron chi connectivity index (χ3n) is 6.65. The van der Waals surface area contributed by atoms with Crippen molar-refractivity contribution in [2.75, 3.05) is 24.7 Å². The number of nitrogens with two attached hydrogens (primary N) is 2. The van der Waals surface area contributed by atoms with Crippen LogP contribution in [0.1, 0.15) is 23.0 Å². The van der Waals surface area contributed by atoms with Crippen LogP contribution < -0.4 is 27.1 Å². The number of carbonyl (C=O) groups excluding carboxylic acids is 1. The number of carbonyl (C=O) groups is 1. The van der Waals surface area contributed by atoms with Gasteiger partial charge in [0, 0.05) is 35.8 Å². The smallest absolute Gasteiger partial charge is 0.263 e. The summed E-state index contributed by atoms with van der Waals surface area (Å²) >= 11 is 0. The van der Waals surface area contributed by atoms with Gasteiger partial charge >= 0.3 is 0 Å². The van der Waals surface area contributed by atoms with Gasteiger partial charge in [-0.2, -0.15) is 0 Å². The number of nitrogens with one attached hydrogen (secondary N) is 1. The Morgan fingerprint density at radius 1 is 1.12 bits per heavy atom. The number of methoxy groups -OCH3 is 1. The number of aromatic nitrogens is 4. The van der Waals surface area contributed by atoms with Crippen molar-refractivity contribution in [1.82, 2.24) is 19.3 Å². The van der Waals surface area contributed by atoms with E-state index in [2.05, 4.69) is 15.4 Å². The van der Waals surface area contributed by atoms with Gasteiger partial charge in [-0.3, -0.25) is 14.2 Å². The third kappa shape index (κ3) is 5.12. The predicted molar refractivity (Wildman–Crippen MR) is 158 cm³/mol. The molecule has 41 heavy (non-hydrogen) atoms. The standard InChI is InChI=1S/C23H19FN2O2.C7H9N5O/c1-3-16-12-15-8-7-11-18(19-13-21(28-2)25-14-20(19)24)22(15)23(27)26(16)17-9-5-4-6-10-17;8-5-4(6(9)13)7-10-2-1-3-12(7)11-5/h4-14H,3H2,1-2H3;1,3,10H,2H2,(H2,8,11)(H2,9,13). The van der Waals surface area contributed by atoms with Crippen molar-refractivity contribution in [1.29, 1.82) is 0 Å². The fourth-order valence-corrected chi connectivity index (χ4v) is 4.78. The number of nitrogen functional groups attached to an aromatic ring is 1. The first-order chi connectivity index (χ1) is 19.8. The Hall–Kier alpha value is -5.45. The van der Waals surface area contributed by atoms with Gasteiger partial charge in [-0.1, -0.05) is 43.3 Å². The van der Waals surface area contributed by atoms with E-state index < -0.39 is 11.7 Å². The molecule has 0 atom stereocenters. The lowest BCUT2D eigenvalue weighted by Crippen LogP contribution is -2.22. The second-order valence-electron chi connectivity index (χ2n) is 9.12. The molecule has 0 bridgehead atoms. The molecule has 1 amide bonds. The van der Waals surface area contributed by atoms with Gasteiger partial charge in [0.2, 0.25) is 5.88 Å².